The minimum absolute atomic E-state index is 0.0399. The van der Waals surface area contributed by atoms with Gasteiger partial charge in [0.2, 0.25) is 5.91 Å². The first kappa shape index (κ1) is 31.0. The number of carbonyl (C=O) groups excluding carboxylic acids is 2. The summed E-state index contributed by atoms with van der Waals surface area (Å²) in [7, 11) is 3.43. The number of nitrogens with zero attached hydrogens (tertiary/aromatic N) is 2. The van der Waals surface area contributed by atoms with Crippen molar-refractivity contribution in [2.45, 2.75) is 63.1 Å². The first-order valence-electron chi connectivity index (χ1n) is 14.6. The third kappa shape index (κ3) is 6.87. The van der Waals surface area contributed by atoms with E-state index >= 15 is 4.39 Å². The Morgan fingerprint density at radius 3 is 2.44 bits per heavy atom. The van der Waals surface area contributed by atoms with Gasteiger partial charge in [0.15, 0.2) is 0 Å². The minimum Gasteiger partial charge on any atom is -0.481 e. The molecule has 1 aromatic heterocycles. The van der Waals surface area contributed by atoms with Crippen molar-refractivity contribution < 1.29 is 33.4 Å². The van der Waals surface area contributed by atoms with Gasteiger partial charge in [-0.1, -0.05) is 29.8 Å². The van der Waals surface area contributed by atoms with E-state index in [9.17, 15) is 19.5 Å². The minimum atomic E-state index is -0.763. The van der Waals surface area contributed by atoms with Crippen molar-refractivity contribution >= 4 is 46.0 Å². The van der Waals surface area contributed by atoms with Crippen molar-refractivity contribution in [3.8, 4) is 0 Å². The van der Waals surface area contributed by atoms with Crippen molar-refractivity contribution in [2.75, 3.05) is 25.6 Å². The average molecular weight is 614 g/mol. The van der Waals surface area contributed by atoms with Gasteiger partial charge in [0.05, 0.1) is 60.0 Å². The lowest BCUT2D eigenvalue weighted by molar-refractivity contribution is -0.144. The van der Waals surface area contributed by atoms with Gasteiger partial charge in [-0.15, -0.1) is 0 Å². The van der Waals surface area contributed by atoms with E-state index < -0.39 is 17.7 Å². The molecular weight excluding hydrogens is 577 g/mol. The number of methoxy groups -OCH3 is 1. The Balaban J connectivity index is 1.25. The maximum Gasteiger partial charge on any atom is 0.306 e. The van der Waals surface area contributed by atoms with Crippen LogP contribution in [0.1, 0.15) is 54.4 Å². The lowest BCUT2D eigenvalue weighted by Crippen LogP contribution is -2.46. The molecule has 5 rings (SSSR count). The van der Waals surface area contributed by atoms with Gasteiger partial charge in [0.1, 0.15) is 5.82 Å². The van der Waals surface area contributed by atoms with Gasteiger partial charge < -0.3 is 29.4 Å². The zero-order valence-corrected chi connectivity index (χ0v) is 25.1. The predicted octanol–water partition coefficient (Wildman–Crippen LogP) is 5.43. The number of rotatable bonds is 10. The molecule has 1 aliphatic carbocycles. The Labute approximate surface area is 254 Å². The van der Waals surface area contributed by atoms with Gasteiger partial charge in [0, 0.05) is 31.3 Å². The molecule has 1 saturated heterocycles. The number of hydrogen-bond donors (Lipinski definition) is 2. The van der Waals surface area contributed by atoms with Gasteiger partial charge in [-0.25, -0.2) is 4.39 Å². The van der Waals surface area contributed by atoms with Crippen LogP contribution in [0.4, 0.5) is 10.1 Å². The highest BCUT2D eigenvalue weighted by Crippen LogP contribution is 2.32. The Bertz CT molecular complexity index is 1500. The highest BCUT2D eigenvalue weighted by atomic mass is 35.5. The molecule has 1 aliphatic heterocycles. The van der Waals surface area contributed by atoms with Gasteiger partial charge >= 0.3 is 5.97 Å². The molecule has 0 spiro atoms. The smallest absolute Gasteiger partial charge is 0.306 e. The number of aryl methyl sites for hydroxylation is 1. The Morgan fingerprint density at radius 2 is 1.74 bits per heavy atom. The number of fused-ring (bicyclic) bond motifs is 1. The van der Waals surface area contributed by atoms with Gasteiger partial charge in [-0.2, -0.15) is 0 Å². The van der Waals surface area contributed by atoms with Crippen molar-refractivity contribution in [1.29, 1.82) is 0 Å². The summed E-state index contributed by atoms with van der Waals surface area (Å²) in [4.78, 5) is 39.7. The fraction of sp³-hybridized carbons (Fsp3) is 0.469. The van der Waals surface area contributed by atoms with Gasteiger partial charge in [0.25, 0.3) is 5.91 Å². The van der Waals surface area contributed by atoms with Crippen LogP contribution in [0.3, 0.4) is 0 Å². The van der Waals surface area contributed by atoms with Gasteiger partial charge in [-0.05, 0) is 62.3 Å². The number of nitrogens with one attached hydrogen (secondary N) is 1. The summed E-state index contributed by atoms with van der Waals surface area (Å²) in [5.41, 5.74) is 1.58. The summed E-state index contributed by atoms with van der Waals surface area (Å²) in [6.07, 6.45) is 5.44. The second kappa shape index (κ2) is 13.4. The molecule has 3 aromatic rings. The molecule has 1 unspecified atom stereocenters. The van der Waals surface area contributed by atoms with E-state index in [1.165, 1.54) is 6.07 Å². The zero-order chi connectivity index (χ0) is 30.7. The number of ether oxygens (including phenoxy) is 2. The van der Waals surface area contributed by atoms with Gasteiger partial charge in [-0.3, -0.25) is 14.4 Å². The highest BCUT2D eigenvalue weighted by molar-refractivity contribution is 6.34. The van der Waals surface area contributed by atoms with E-state index in [-0.39, 0.29) is 52.7 Å². The highest BCUT2D eigenvalue weighted by Gasteiger charge is 2.38. The van der Waals surface area contributed by atoms with E-state index in [2.05, 4.69) is 5.32 Å². The largest absolute Gasteiger partial charge is 0.481 e. The second-order valence-corrected chi connectivity index (χ2v) is 11.9. The summed E-state index contributed by atoms with van der Waals surface area (Å²) in [5.74, 6) is -2.40. The van der Waals surface area contributed by atoms with E-state index in [0.717, 1.165) is 29.8 Å². The van der Waals surface area contributed by atoms with Crippen LogP contribution in [-0.2, 0) is 32.5 Å². The van der Waals surface area contributed by atoms with Crippen molar-refractivity contribution in [3.63, 3.8) is 0 Å². The number of carboxylic acid groups (broad SMARTS) is 1. The van der Waals surface area contributed by atoms with E-state index in [4.69, 9.17) is 21.1 Å². The number of likely N-dealkylation sites (tertiary alicyclic amines) is 1. The number of anilines is 1. The first-order chi connectivity index (χ1) is 20.7. The van der Waals surface area contributed by atoms with Crippen LogP contribution in [-0.4, -0.2) is 70.9 Å². The molecule has 0 radical (unpaired) electrons. The standard InChI is InChI=1S/C32H37ClFN3O6/c1-36-16-25(24-5-3-4-6-29(24)36)31(39)35-28-15-27(34)20(13-26(28)33)14-30(38)37-21(17-42-2)9-10-22(37)18-43-23-11-7-19(8-12-23)32(40)41/h3-6,13,15-16,19,21-23H,7-12,14,17-18H2,1-2H3,(H,35,39)(H,40,41)/t19?,21?,22-,23?/m0/s1. The fourth-order valence-electron chi connectivity index (χ4n) is 6.40. The molecule has 2 aliphatic rings. The zero-order valence-electron chi connectivity index (χ0n) is 24.4. The van der Waals surface area contributed by atoms with E-state index in [1.54, 1.807) is 18.2 Å². The summed E-state index contributed by atoms with van der Waals surface area (Å²) in [6.45, 7) is 0.686. The molecule has 9 nitrogen and oxygen atoms in total. The monoisotopic (exact) mass is 613 g/mol. The molecule has 0 bridgehead atoms. The number of amides is 2. The van der Waals surface area contributed by atoms with E-state index in [0.29, 0.717) is 44.5 Å². The number of hydrogen-bond acceptors (Lipinski definition) is 5. The molecule has 2 aromatic carbocycles. The summed E-state index contributed by atoms with van der Waals surface area (Å²) < 4.78 is 28.7. The molecular formula is C32H37ClFN3O6. The summed E-state index contributed by atoms with van der Waals surface area (Å²) in [5, 5.41) is 12.9. The third-order valence-corrected chi connectivity index (χ3v) is 8.99. The van der Waals surface area contributed by atoms with Crippen LogP contribution in [0, 0.1) is 11.7 Å². The Kier molecular flexibility index (Phi) is 9.68. The lowest BCUT2D eigenvalue weighted by Gasteiger charge is -2.32. The van der Waals surface area contributed by atoms with Crippen LogP contribution in [0.2, 0.25) is 5.02 Å². The molecule has 2 N–H and O–H groups in total. The van der Waals surface area contributed by atoms with E-state index in [1.807, 2.05) is 35.9 Å². The van der Waals surface area contributed by atoms with Crippen molar-refractivity contribution in [1.82, 2.24) is 9.47 Å². The SMILES string of the molecule is COCC1CC[C@@H](COC2CCC(C(=O)O)CC2)N1C(=O)Cc1cc(Cl)c(NC(=O)c2cn(C)c3ccccc23)cc1F. The van der Waals surface area contributed by atoms with Crippen LogP contribution in [0.15, 0.2) is 42.6 Å². The van der Waals surface area contributed by atoms with Crippen LogP contribution >= 0.6 is 11.6 Å². The second-order valence-electron chi connectivity index (χ2n) is 11.5. The number of carboxylic acids is 1. The maximum atomic E-state index is 15.3. The Morgan fingerprint density at radius 1 is 1.05 bits per heavy atom. The Hall–Kier alpha value is -3.47. The molecule has 2 heterocycles. The average Bonchev–Trinajstić information content (AvgIpc) is 3.55. The number of aromatic nitrogens is 1. The molecule has 2 fully saturated rings. The van der Waals surface area contributed by atoms with Crippen molar-refractivity contribution in [2.24, 2.45) is 13.0 Å². The quantitative estimate of drug-likeness (QED) is 0.315. The molecule has 1 saturated carbocycles. The van der Waals surface area contributed by atoms with Crippen molar-refractivity contribution in [3.05, 3.63) is 64.6 Å². The summed E-state index contributed by atoms with van der Waals surface area (Å²) in [6, 6.07) is 9.68. The molecule has 2 amide bonds. The van der Waals surface area contributed by atoms with Crippen LogP contribution in [0.25, 0.3) is 10.9 Å². The number of carbonyl (C=O) groups is 3. The molecule has 230 valence electrons. The fourth-order valence-corrected chi connectivity index (χ4v) is 6.63. The third-order valence-electron chi connectivity index (χ3n) is 8.68. The maximum absolute atomic E-state index is 15.3. The van der Waals surface area contributed by atoms with Crippen LogP contribution in [0.5, 0.6) is 0 Å². The molecule has 43 heavy (non-hydrogen) atoms. The molecule has 11 heteroatoms. The number of para-hydroxylation sites is 1. The molecule has 2 atom stereocenters. The first-order valence-corrected chi connectivity index (χ1v) is 15.0. The topological polar surface area (TPSA) is 110 Å². The number of benzene rings is 2. The summed E-state index contributed by atoms with van der Waals surface area (Å²) >= 11 is 6.48. The van der Waals surface area contributed by atoms with Crippen LogP contribution < -0.4 is 5.32 Å². The lowest BCUT2D eigenvalue weighted by atomic mass is 9.87. The number of aliphatic carboxylic acids is 1. The predicted molar refractivity (Wildman–Crippen MR) is 161 cm³/mol. The number of halogens is 2. The normalized spacial score (nSPS) is 22.2.